The Bertz CT molecular complexity index is 2320. The van der Waals surface area contributed by atoms with Crippen LogP contribution in [-0.4, -0.2) is 121 Å². The summed E-state index contributed by atoms with van der Waals surface area (Å²) in [5.41, 5.74) is 14.8. The minimum absolute atomic E-state index is 0. The number of imidazole rings is 2. The van der Waals surface area contributed by atoms with E-state index in [1.807, 2.05) is 31.6 Å². The molecule has 4 fully saturated rings. The molecule has 4 aliphatic rings. The number of rotatable bonds is 8. The molecule has 0 saturated carbocycles. The van der Waals surface area contributed by atoms with E-state index in [9.17, 15) is 8.42 Å². The molecule has 9 rings (SSSR count). The molecule has 0 radical (unpaired) electrons. The molecule has 0 spiro atoms. The first-order valence-corrected chi connectivity index (χ1v) is 21.5. The van der Waals surface area contributed by atoms with Crippen LogP contribution in [0.5, 0.6) is 0 Å². The molecule has 8 heterocycles. The van der Waals surface area contributed by atoms with Gasteiger partial charge < -0.3 is 52.5 Å². The Morgan fingerprint density at radius 1 is 0.741 bits per heavy atom. The number of anilines is 2. The third-order valence-electron chi connectivity index (χ3n) is 9.60. The number of fused-ring (bicyclic) bond motifs is 4. The van der Waals surface area contributed by atoms with Crippen molar-refractivity contribution in [2.75, 3.05) is 36.3 Å². The monoisotopic (exact) mass is 868 g/mol. The summed E-state index contributed by atoms with van der Waals surface area (Å²) < 4.78 is 70.7. The summed E-state index contributed by atoms with van der Waals surface area (Å²) in [6.07, 6.45) is 6.44. The second-order valence-electron chi connectivity index (χ2n) is 14.4. The molecule has 0 aliphatic carbocycles. The summed E-state index contributed by atoms with van der Waals surface area (Å²) >= 11 is 5.81. The summed E-state index contributed by atoms with van der Waals surface area (Å²) in [4.78, 5) is 25.1. The average molecular weight is 869 g/mol. The number of nitrogens with two attached hydrogens (primary N) is 2. The molecule has 4 saturated heterocycles. The maximum Gasteiger partial charge on any atom is 1.00 e. The minimum atomic E-state index is -3.97. The number of hydrogen-bond acceptors (Lipinski definition) is 19. The summed E-state index contributed by atoms with van der Waals surface area (Å²) in [7, 11) is -3.97. The van der Waals surface area contributed by atoms with Crippen molar-refractivity contribution in [2.24, 2.45) is 0 Å². The van der Waals surface area contributed by atoms with E-state index in [0.29, 0.717) is 28.1 Å². The number of nitrogens with zero attached hydrogens (tertiary/aromatic N) is 8. The van der Waals surface area contributed by atoms with Gasteiger partial charge in [-0.05, 0) is 53.0 Å². The zero-order valence-electron chi connectivity index (χ0n) is 33.3. The van der Waals surface area contributed by atoms with Crippen LogP contribution in [0.4, 0.5) is 11.6 Å². The Morgan fingerprint density at radius 2 is 1.19 bits per heavy atom. The quantitative estimate of drug-likeness (QED) is 0.118. The van der Waals surface area contributed by atoms with Crippen molar-refractivity contribution in [1.82, 2.24) is 39.0 Å². The first kappa shape index (κ1) is 44.8. The fourth-order valence-electron chi connectivity index (χ4n) is 7.24. The topological polar surface area (TPSA) is 238 Å². The fraction of sp³-hybridized carbons (Fsp3) is 0.543. The van der Waals surface area contributed by atoms with Gasteiger partial charge in [0.25, 0.3) is 10.1 Å². The molecule has 4 N–H and O–H groups in total. The van der Waals surface area contributed by atoms with Gasteiger partial charge in [0.2, 0.25) is 0 Å². The maximum absolute atomic E-state index is 12.6. The van der Waals surface area contributed by atoms with Gasteiger partial charge in [-0.15, -0.1) is 0 Å². The van der Waals surface area contributed by atoms with Crippen LogP contribution >= 0.6 is 11.8 Å². The van der Waals surface area contributed by atoms with Gasteiger partial charge in [-0.2, -0.15) is 26.4 Å². The third kappa shape index (κ3) is 8.85. The van der Waals surface area contributed by atoms with Gasteiger partial charge in [0, 0.05) is 5.75 Å². The van der Waals surface area contributed by atoms with Crippen molar-refractivity contribution >= 4 is 68.5 Å². The minimum Gasteiger partial charge on any atom is -0.796 e. The van der Waals surface area contributed by atoms with E-state index >= 15 is 0 Å². The van der Waals surface area contributed by atoms with Crippen LogP contribution in [0.15, 0.2) is 54.5 Å². The number of thioether (sulfide) groups is 1. The van der Waals surface area contributed by atoms with Gasteiger partial charge in [0.05, 0.1) is 30.3 Å². The molecular formula is C35H45N10NaO9S3. The number of hydrogen-bond donors (Lipinski definition) is 2. The second-order valence-corrected chi connectivity index (χ2v) is 17.0. The van der Waals surface area contributed by atoms with Crippen LogP contribution in [0.3, 0.4) is 0 Å². The van der Waals surface area contributed by atoms with E-state index in [2.05, 4.69) is 42.5 Å². The standard InChI is InChI=1S/C20H23N5O6S.C14H19N5O3S.CH4S.Na/c1-11-4-6-12(7-5-11)32(26,27)28-8-13-15-16(31-20(2,3)30-15)19(29-13)25-10-24-14-17(21)22-9-23-18(14)25;1-14(2)21-9-7(4-23-3)20-13(10(9)22-14)19-6-18-8-11(15)16-5-17-12(8)19;1-2;/h4-7,9-10,13,15-16,19H,8H2,1-3H3,(H2,21,22,23);5-7,9-10,13H,4H2,1-3H3,(H2,15,16,17);2H,1H3;/q;;;+1/p-1/t13-,15-,16-,19-;7-,9-,10-,13-;;/m11../s1. The molecule has 308 valence electrons. The van der Waals surface area contributed by atoms with Crippen LogP contribution in [0, 0.1) is 6.92 Å². The molecular weight excluding hydrogens is 824 g/mol. The maximum atomic E-state index is 12.6. The van der Waals surface area contributed by atoms with E-state index in [-0.39, 0.29) is 71.4 Å². The van der Waals surface area contributed by atoms with Crippen molar-refractivity contribution in [1.29, 1.82) is 0 Å². The molecule has 0 unspecified atom stereocenters. The third-order valence-corrected chi connectivity index (χ3v) is 11.6. The second kappa shape index (κ2) is 17.7. The number of benzene rings is 1. The van der Waals surface area contributed by atoms with E-state index in [0.717, 1.165) is 11.3 Å². The molecule has 0 amide bonds. The van der Waals surface area contributed by atoms with Gasteiger partial charge in [-0.25, -0.2) is 29.9 Å². The predicted molar refractivity (Wildman–Crippen MR) is 211 cm³/mol. The summed E-state index contributed by atoms with van der Waals surface area (Å²) in [5, 5.41) is 0. The van der Waals surface area contributed by atoms with Crippen LogP contribution in [-0.2, 0) is 55.4 Å². The van der Waals surface area contributed by atoms with Crippen molar-refractivity contribution < 1.29 is 70.6 Å². The SMILES string of the molecule is CSC[C@H]1O[C@@H](n2cnc3c(N)ncnc32)[C@@H]2OC(C)(C)O[C@@H]21.C[S-].Cc1ccc(S(=O)(=O)OC[C@H]2O[C@@H](n3cnc4c(N)ncnc43)[C@@H]3OC(C)(C)O[C@@H]32)cc1.[Na+]. The molecule has 4 aliphatic heterocycles. The zero-order valence-corrected chi connectivity index (χ0v) is 37.7. The van der Waals surface area contributed by atoms with Gasteiger partial charge in [0.1, 0.15) is 54.2 Å². The normalized spacial score (nSPS) is 27.9. The van der Waals surface area contributed by atoms with Crippen molar-refractivity contribution in [3.63, 3.8) is 0 Å². The van der Waals surface area contributed by atoms with E-state index in [1.165, 1.54) is 24.8 Å². The average Bonchev–Trinajstić information content (AvgIpc) is 4.01. The Hall–Kier alpha value is -2.71. The summed E-state index contributed by atoms with van der Waals surface area (Å²) in [5.74, 6) is -0.0704. The largest absolute Gasteiger partial charge is 1.00 e. The van der Waals surface area contributed by atoms with E-state index in [4.69, 9.17) is 44.1 Å². The molecule has 5 aromatic rings. The number of ether oxygens (including phenoxy) is 6. The molecule has 23 heteroatoms. The van der Waals surface area contributed by atoms with Crippen LogP contribution in [0.25, 0.3) is 22.3 Å². The Balaban J connectivity index is 0.000000193. The first-order valence-electron chi connectivity index (χ1n) is 17.9. The molecule has 4 aromatic heterocycles. The van der Waals surface area contributed by atoms with Crippen LogP contribution < -0.4 is 41.0 Å². The first-order chi connectivity index (χ1) is 27.1. The smallest absolute Gasteiger partial charge is 0.796 e. The molecule has 58 heavy (non-hydrogen) atoms. The summed E-state index contributed by atoms with van der Waals surface area (Å²) in [6.45, 7) is 9.05. The van der Waals surface area contributed by atoms with Crippen LogP contribution in [0.1, 0.15) is 45.7 Å². The van der Waals surface area contributed by atoms with Crippen molar-refractivity contribution in [2.45, 2.75) is 100 Å². The van der Waals surface area contributed by atoms with Gasteiger partial charge in [-0.1, -0.05) is 17.7 Å². The predicted octanol–water partition coefficient (Wildman–Crippen LogP) is -0.104. The molecule has 8 atom stereocenters. The number of aryl methyl sites for hydroxylation is 1. The Morgan fingerprint density at radius 3 is 1.67 bits per heavy atom. The molecule has 1 aromatic carbocycles. The van der Waals surface area contributed by atoms with Gasteiger partial charge >= 0.3 is 29.6 Å². The fourth-order valence-corrected chi connectivity index (χ4v) is 8.76. The van der Waals surface area contributed by atoms with Gasteiger partial charge in [0.15, 0.2) is 47.0 Å². The Labute approximate surface area is 367 Å². The van der Waals surface area contributed by atoms with Crippen LogP contribution in [0.2, 0.25) is 0 Å². The van der Waals surface area contributed by atoms with E-state index < -0.39 is 46.2 Å². The number of aromatic nitrogens is 8. The van der Waals surface area contributed by atoms with Gasteiger partial charge in [-0.3, -0.25) is 13.3 Å². The Kier molecular flexibility index (Phi) is 13.7. The summed E-state index contributed by atoms with van der Waals surface area (Å²) in [6, 6.07) is 6.43. The van der Waals surface area contributed by atoms with Crippen molar-refractivity contribution in [3.05, 3.63) is 55.1 Å². The van der Waals surface area contributed by atoms with E-state index in [1.54, 1.807) is 61.2 Å². The van der Waals surface area contributed by atoms with Crippen molar-refractivity contribution in [3.8, 4) is 0 Å². The zero-order chi connectivity index (χ0) is 40.9. The number of nitrogen functional groups attached to an aromatic ring is 2. The molecule has 0 bridgehead atoms. The molecule has 19 nitrogen and oxygen atoms in total.